The minimum absolute atomic E-state index is 0.128. The maximum absolute atomic E-state index is 6.31. The minimum atomic E-state index is -0.128. The Hall–Kier alpha value is -6.26. The molecule has 51 heavy (non-hydrogen) atoms. The summed E-state index contributed by atoms with van der Waals surface area (Å²) < 4.78 is 6.31. The Kier molecular flexibility index (Phi) is 5.82. The van der Waals surface area contributed by atoms with Gasteiger partial charge in [0.2, 0.25) is 0 Å². The van der Waals surface area contributed by atoms with Crippen molar-refractivity contribution >= 4 is 90.1 Å². The zero-order valence-corrected chi connectivity index (χ0v) is 28.4. The molecule has 8 aromatic carbocycles. The van der Waals surface area contributed by atoms with E-state index in [1.165, 1.54) is 66.2 Å². The van der Waals surface area contributed by atoms with Gasteiger partial charge in [0.15, 0.2) is 7.28 Å². The molecule has 239 valence electrons. The van der Waals surface area contributed by atoms with Crippen LogP contribution in [0.2, 0.25) is 0 Å². The molecule has 1 N–H and O–H groups in total. The van der Waals surface area contributed by atoms with E-state index in [1.54, 1.807) is 0 Å². The summed E-state index contributed by atoms with van der Waals surface area (Å²) in [7, 11) is 2.43. The van der Waals surface area contributed by atoms with Gasteiger partial charge in [-0.1, -0.05) is 129 Å². The molecule has 0 spiro atoms. The summed E-state index contributed by atoms with van der Waals surface area (Å²) >= 11 is 0. The van der Waals surface area contributed by atoms with Gasteiger partial charge in [0.1, 0.15) is 11.2 Å². The molecule has 0 bridgehead atoms. The fraction of sp³-hybridized carbons (Fsp3) is 0.0638. The third kappa shape index (κ3) is 4.02. The summed E-state index contributed by atoms with van der Waals surface area (Å²) in [6.45, 7) is 4.72. The molecule has 3 heterocycles. The fourth-order valence-electron chi connectivity index (χ4n) is 8.84. The lowest BCUT2D eigenvalue weighted by Crippen LogP contribution is -2.45. The number of para-hydroxylation sites is 3. The second-order valence-corrected chi connectivity index (χ2v) is 14.4. The predicted octanol–water partition coefficient (Wildman–Crippen LogP) is 11.4. The van der Waals surface area contributed by atoms with Crippen molar-refractivity contribution in [1.82, 2.24) is 0 Å². The zero-order chi connectivity index (χ0) is 33.8. The van der Waals surface area contributed by atoms with Crippen LogP contribution in [0.1, 0.15) is 25.0 Å². The van der Waals surface area contributed by atoms with E-state index in [2.05, 4.69) is 171 Å². The number of nitrogens with zero attached hydrogens (tertiary/aromatic N) is 1. The molecule has 2 aliphatic rings. The monoisotopic (exact) mass is 651 g/mol. The highest BCUT2D eigenvalue weighted by molar-refractivity contribution is 6.74. The molecule has 1 aromatic heterocycles. The lowest BCUT2D eigenvalue weighted by Gasteiger charge is -2.46. The van der Waals surface area contributed by atoms with Crippen LogP contribution in [-0.4, -0.2) is 7.28 Å². The van der Waals surface area contributed by atoms with Crippen molar-refractivity contribution in [2.24, 2.45) is 0 Å². The van der Waals surface area contributed by atoms with E-state index >= 15 is 0 Å². The number of nitrogens with one attached hydrogen (secondary N) is 1. The molecule has 0 amide bonds. The SMILES string of the molecule is CC1(C)c2ccccc2N2c3cc4ccccc4c(-c4cc5ccccc5cc4Nc4cccc5oc6ccccc6c45)c3[B]c3cccc1c32. The van der Waals surface area contributed by atoms with Crippen molar-refractivity contribution in [3.63, 3.8) is 0 Å². The molecule has 9 aromatic rings. The molecule has 1 radical (unpaired) electrons. The number of hydrogen-bond donors (Lipinski definition) is 1. The van der Waals surface area contributed by atoms with Gasteiger partial charge in [-0.05, 0) is 86.2 Å². The summed E-state index contributed by atoms with van der Waals surface area (Å²) in [4.78, 5) is 2.53. The Bertz CT molecular complexity index is 2920. The van der Waals surface area contributed by atoms with E-state index in [-0.39, 0.29) is 5.41 Å². The van der Waals surface area contributed by atoms with Gasteiger partial charge in [-0.2, -0.15) is 0 Å². The largest absolute Gasteiger partial charge is 0.456 e. The lowest BCUT2D eigenvalue weighted by atomic mass is 9.55. The van der Waals surface area contributed by atoms with Crippen molar-refractivity contribution < 1.29 is 4.42 Å². The Balaban J connectivity index is 1.22. The maximum Gasteiger partial charge on any atom is 0.197 e. The van der Waals surface area contributed by atoms with Crippen molar-refractivity contribution in [1.29, 1.82) is 0 Å². The van der Waals surface area contributed by atoms with Crippen molar-refractivity contribution in [3.8, 4) is 11.1 Å². The normalized spacial score (nSPS) is 14.0. The summed E-state index contributed by atoms with van der Waals surface area (Å²) in [5.41, 5.74) is 15.0. The highest BCUT2D eigenvalue weighted by Gasteiger charge is 2.41. The van der Waals surface area contributed by atoms with Crippen LogP contribution in [0.25, 0.3) is 54.6 Å². The molecule has 0 unspecified atom stereocenters. The highest BCUT2D eigenvalue weighted by atomic mass is 16.3. The van der Waals surface area contributed by atoms with Gasteiger partial charge in [-0.3, -0.25) is 0 Å². The Morgan fingerprint density at radius 1 is 0.569 bits per heavy atom. The molecule has 3 nitrogen and oxygen atoms in total. The van der Waals surface area contributed by atoms with Gasteiger partial charge < -0.3 is 14.6 Å². The molecule has 11 rings (SSSR count). The highest BCUT2D eigenvalue weighted by Crippen LogP contribution is 2.53. The van der Waals surface area contributed by atoms with E-state index in [1.807, 2.05) is 12.1 Å². The third-order valence-corrected chi connectivity index (χ3v) is 11.2. The molecule has 2 aliphatic heterocycles. The lowest BCUT2D eigenvalue weighted by molar-refractivity contribution is 0.632. The van der Waals surface area contributed by atoms with Crippen LogP contribution in [0.4, 0.5) is 28.4 Å². The molecule has 0 saturated heterocycles. The Morgan fingerprint density at radius 2 is 1.25 bits per heavy atom. The quantitative estimate of drug-likeness (QED) is 0.193. The number of benzene rings is 8. The second kappa shape index (κ2) is 10.4. The molecule has 4 heteroatoms. The van der Waals surface area contributed by atoms with E-state index in [4.69, 9.17) is 4.42 Å². The first-order chi connectivity index (χ1) is 25.0. The Morgan fingerprint density at radius 3 is 2.14 bits per heavy atom. The average molecular weight is 652 g/mol. The Labute approximate surface area is 297 Å². The molecular formula is C47H32BN2O. The zero-order valence-electron chi connectivity index (χ0n) is 28.4. The smallest absolute Gasteiger partial charge is 0.197 e. The number of hydrogen-bond acceptors (Lipinski definition) is 3. The minimum Gasteiger partial charge on any atom is -0.456 e. The van der Waals surface area contributed by atoms with E-state index in [9.17, 15) is 0 Å². The van der Waals surface area contributed by atoms with Gasteiger partial charge in [0.05, 0.1) is 16.8 Å². The number of rotatable bonds is 3. The predicted molar refractivity (Wildman–Crippen MR) is 216 cm³/mol. The summed E-state index contributed by atoms with van der Waals surface area (Å²) in [6.07, 6.45) is 0. The molecular weight excluding hydrogens is 619 g/mol. The molecule has 0 fully saturated rings. The van der Waals surface area contributed by atoms with Gasteiger partial charge in [0, 0.05) is 33.4 Å². The van der Waals surface area contributed by atoms with Gasteiger partial charge >= 0.3 is 0 Å². The summed E-state index contributed by atoms with van der Waals surface area (Å²) in [6, 6.07) is 55.0. The summed E-state index contributed by atoms with van der Waals surface area (Å²) in [5.74, 6) is 0. The average Bonchev–Trinajstić information content (AvgIpc) is 3.55. The van der Waals surface area contributed by atoms with Crippen LogP contribution in [0.15, 0.2) is 156 Å². The first-order valence-electron chi connectivity index (χ1n) is 17.7. The van der Waals surface area contributed by atoms with Crippen molar-refractivity contribution in [3.05, 3.63) is 163 Å². The maximum atomic E-state index is 6.31. The topological polar surface area (TPSA) is 28.4 Å². The van der Waals surface area contributed by atoms with Crippen molar-refractivity contribution in [2.75, 3.05) is 10.2 Å². The van der Waals surface area contributed by atoms with Crippen LogP contribution in [0.5, 0.6) is 0 Å². The first-order valence-corrected chi connectivity index (χ1v) is 17.7. The molecule has 0 atom stereocenters. The molecule has 0 aliphatic carbocycles. The van der Waals surface area contributed by atoms with Gasteiger partial charge in [-0.25, -0.2) is 0 Å². The van der Waals surface area contributed by atoms with Crippen molar-refractivity contribution in [2.45, 2.75) is 19.3 Å². The third-order valence-electron chi connectivity index (χ3n) is 11.2. The number of fused-ring (bicyclic) bond motifs is 9. The fourth-order valence-corrected chi connectivity index (χ4v) is 8.84. The van der Waals surface area contributed by atoms with E-state index in [0.29, 0.717) is 0 Å². The van der Waals surface area contributed by atoms with Crippen LogP contribution < -0.4 is 21.1 Å². The van der Waals surface area contributed by atoms with Gasteiger partial charge in [-0.15, -0.1) is 0 Å². The molecule has 0 saturated carbocycles. The number of furan rings is 1. The van der Waals surface area contributed by atoms with E-state index in [0.717, 1.165) is 38.9 Å². The van der Waals surface area contributed by atoms with Crippen LogP contribution in [0, 0.1) is 0 Å². The van der Waals surface area contributed by atoms with Crippen LogP contribution in [-0.2, 0) is 5.41 Å². The first kappa shape index (κ1) is 28.6. The van der Waals surface area contributed by atoms with Crippen LogP contribution in [0.3, 0.4) is 0 Å². The standard InChI is InChI=1S/C47H32BN2O/c1-47(2)34-18-8-9-22-39(34)50-40-27-30-15-5-6-16-31(30)43(45(40)48-36-20-11-19-35(47)46(36)50)33-25-28-13-3-4-14-29(28)26-38(33)49-37-21-12-24-42-44(37)32-17-7-10-23-41(32)51-42/h3-27,49H,1-2H3. The second-order valence-electron chi connectivity index (χ2n) is 14.4. The number of anilines is 5. The van der Waals surface area contributed by atoms with E-state index < -0.39 is 0 Å². The summed E-state index contributed by atoms with van der Waals surface area (Å²) in [5, 5.41) is 11.0. The van der Waals surface area contributed by atoms with Gasteiger partial charge in [0.25, 0.3) is 0 Å². The van der Waals surface area contributed by atoms with Crippen LogP contribution >= 0.6 is 0 Å².